The van der Waals surface area contributed by atoms with Gasteiger partial charge >= 0.3 is 0 Å². The van der Waals surface area contributed by atoms with Crippen molar-refractivity contribution in [3.05, 3.63) is 11.8 Å². The number of carbonyl (C=O) groups is 1. The maximum Gasteiger partial charge on any atom is 0.300 e. The molecule has 0 aliphatic rings. The van der Waals surface area contributed by atoms with Crippen LogP contribution in [-0.4, -0.2) is 11.1 Å². The molecular weight excluding hydrogens is 262 g/mol. The summed E-state index contributed by atoms with van der Waals surface area (Å²) in [7, 11) is 0. The quantitative estimate of drug-likeness (QED) is 0.458. The molecule has 0 aromatic heterocycles. The van der Waals surface area contributed by atoms with Crippen LogP contribution in [0.4, 0.5) is 0 Å². The average Bonchev–Trinajstić information content (AvgIpc) is 2.39. The van der Waals surface area contributed by atoms with Crippen LogP contribution >= 0.6 is 0 Å². The smallest absolute Gasteiger partial charge is 0.300 e. The second-order valence-electron chi connectivity index (χ2n) is 5.79. The van der Waals surface area contributed by atoms with Crippen LogP contribution in [0.2, 0.25) is 0 Å². The van der Waals surface area contributed by atoms with E-state index in [0.29, 0.717) is 0 Å². The molecule has 3 N–H and O–H groups in total. The first-order valence-corrected chi connectivity index (χ1v) is 8.62. The van der Waals surface area contributed by atoms with E-state index < -0.39 is 5.97 Å². The summed E-state index contributed by atoms with van der Waals surface area (Å²) >= 11 is 0. The number of aliphatic carboxylic acids is 1. The number of hydrogen-bond donors (Lipinski definition) is 2. The third-order valence-corrected chi connectivity index (χ3v) is 3.27. The van der Waals surface area contributed by atoms with Gasteiger partial charge in [0.1, 0.15) is 0 Å². The van der Waals surface area contributed by atoms with Gasteiger partial charge in [-0.15, -0.1) is 0 Å². The minimum Gasteiger partial charge on any atom is -0.481 e. The number of unbranched alkanes of at least 4 members (excludes halogenated alkanes) is 11. The van der Waals surface area contributed by atoms with Crippen LogP contribution in [0.5, 0.6) is 0 Å². The number of allylic oxidation sites excluding steroid dienone is 2. The van der Waals surface area contributed by atoms with Crippen LogP contribution in [0.3, 0.4) is 0 Å². The number of carboxylic acid groups (broad SMARTS) is 1. The Morgan fingerprint density at radius 3 is 1.52 bits per heavy atom. The van der Waals surface area contributed by atoms with Crippen molar-refractivity contribution in [2.24, 2.45) is 5.73 Å². The molecule has 0 rings (SSSR count). The van der Waals surface area contributed by atoms with Gasteiger partial charge in [-0.05, 0) is 19.8 Å². The van der Waals surface area contributed by atoms with E-state index in [9.17, 15) is 0 Å². The summed E-state index contributed by atoms with van der Waals surface area (Å²) in [5, 5.41) is 7.42. The van der Waals surface area contributed by atoms with Gasteiger partial charge in [0.15, 0.2) is 0 Å². The SMILES string of the molecule is CC(=O)O.CCCCCCCCCCCCC/C=C(\C)N. The second kappa shape index (κ2) is 19.0. The van der Waals surface area contributed by atoms with Crippen LogP contribution in [0, 0.1) is 0 Å². The van der Waals surface area contributed by atoms with Crippen molar-refractivity contribution in [2.75, 3.05) is 0 Å². The summed E-state index contributed by atoms with van der Waals surface area (Å²) in [5.41, 5.74) is 6.55. The summed E-state index contributed by atoms with van der Waals surface area (Å²) in [6.45, 7) is 5.33. The molecule has 21 heavy (non-hydrogen) atoms. The molecule has 0 saturated carbocycles. The maximum absolute atomic E-state index is 9.00. The first-order chi connectivity index (χ1) is 10.0. The van der Waals surface area contributed by atoms with Gasteiger partial charge in [0.25, 0.3) is 5.97 Å². The molecule has 0 saturated heterocycles. The van der Waals surface area contributed by atoms with Gasteiger partial charge in [-0.3, -0.25) is 4.79 Å². The number of carboxylic acids is 1. The highest BCUT2D eigenvalue weighted by Crippen LogP contribution is 2.12. The molecule has 126 valence electrons. The van der Waals surface area contributed by atoms with E-state index in [2.05, 4.69) is 13.0 Å². The Labute approximate surface area is 132 Å². The molecule has 3 nitrogen and oxygen atoms in total. The number of hydrogen-bond acceptors (Lipinski definition) is 2. The topological polar surface area (TPSA) is 63.3 Å². The standard InChI is InChI=1S/C16H33N.C2H4O2/c1-3-4-5-6-7-8-9-10-11-12-13-14-15-16(2)17;1-2(3)4/h15H,3-14,17H2,1-2H3;1H3,(H,3,4)/b16-15+;. The Hall–Kier alpha value is -0.990. The fourth-order valence-electron chi connectivity index (χ4n) is 2.14. The molecule has 0 spiro atoms. The van der Waals surface area contributed by atoms with E-state index in [1.807, 2.05) is 6.92 Å². The minimum atomic E-state index is -0.833. The average molecular weight is 299 g/mol. The molecule has 0 heterocycles. The largest absolute Gasteiger partial charge is 0.481 e. The lowest BCUT2D eigenvalue weighted by atomic mass is 10.1. The van der Waals surface area contributed by atoms with Gasteiger partial charge in [0.05, 0.1) is 0 Å². The summed E-state index contributed by atoms with van der Waals surface area (Å²) in [4.78, 5) is 9.00. The van der Waals surface area contributed by atoms with Gasteiger partial charge < -0.3 is 10.8 Å². The highest BCUT2D eigenvalue weighted by molar-refractivity contribution is 5.62. The lowest BCUT2D eigenvalue weighted by Crippen LogP contribution is -1.89. The van der Waals surface area contributed by atoms with Crippen molar-refractivity contribution < 1.29 is 9.90 Å². The van der Waals surface area contributed by atoms with Crippen molar-refractivity contribution >= 4 is 5.97 Å². The van der Waals surface area contributed by atoms with Gasteiger partial charge in [0, 0.05) is 12.6 Å². The van der Waals surface area contributed by atoms with Crippen molar-refractivity contribution in [1.29, 1.82) is 0 Å². The molecule has 0 aliphatic carbocycles. The normalized spacial score (nSPS) is 10.9. The van der Waals surface area contributed by atoms with E-state index in [-0.39, 0.29) is 0 Å². The van der Waals surface area contributed by atoms with Crippen LogP contribution in [0.1, 0.15) is 97.8 Å². The van der Waals surface area contributed by atoms with Gasteiger partial charge in [-0.25, -0.2) is 0 Å². The van der Waals surface area contributed by atoms with Crippen molar-refractivity contribution in [3.63, 3.8) is 0 Å². The molecule has 0 amide bonds. The molecule has 0 atom stereocenters. The molecule has 3 heteroatoms. The molecule has 0 unspecified atom stereocenters. The van der Waals surface area contributed by atoms with E-state index in [1.54, 1.807) is 0 Å². The number of rotatable bonds is 12. The summed E-state index contributed by atoms with van der Waals surface area (Å²) < 4.78 is 0. The molecular formula is C18H37NO2. The minimum absolute atomic E-state index is 0.833. The lowest BCUT2D eigenvalue weighted by molar-refractivity contribution is -0.134. The fraction of sp³-hybridized carbons (Fsp3) is 0.833. The Kier molecular flexibility index (Phi) is 20.2. The van der Waals surface area contributed by atoms with Crippen LogP contribution < -0.4 is 5.73 Å². The third-order valence-electron chi connectivity index (χ3n) is 3.27. The van der Waals surface area contributed by atoms with Crippen molar-refractivity contribution in [3.8, 4) is 0 Å². The summed E-state index contributed by atoms with van der Waals surface area (Å²) in [6.07, 6.45) is 18.9. The first kappa shape index (κ1) is 22.3. The maximum atomic E-state index is 9.00. The molecule has 0 radical (unpaired) electrons. The molecule has 0 aromatic carbocycles. The van der Waals surface area contributed by atoms with E-state index >= 15 is 0 Å². The Balaban J connectivity index is 0. The summed E-state index contributed by atoms with van der Waals surface area (Å²) in [5.74, 6) is -0.833. The Bertz CT molecular complexity index is 242. The summed E-state index contributed by atoms with van der Waals surface area (Å²) in [6, 6.07) is 0. The van der Waals surface area contributed by atoms with E-state index in [0.717, 1.165) is 12.6 Å². The highest BCUT2D eigenvalue weighted by Gasteiger charge is 1.92. The van der Waals surface area contributed by atoms with Gasteiger partial charge in [-0.1, -0.05) is 77.2 Å². The molecule has 0 aliphatic heterocycles. The van der Waals surface area contributed by atoms with Crippen LogP contribution in [0.15, 0.2) is 11.8 Å². The first-order valence-electron chi connectivity index (χ1n) is 8.62. The number of nitrogens with two attached hydrogens (primary N) is 1. The zero-order chi connectivity index (χ0) is 16.3. The van der Waals surface area contributed by atoms with Crippen molar-refractivity contribution in [2.45, 2.75) is 97.8 Å². The Morgan fingerprint density at radius 1 is 0.857 bits per heavy atom. The Morgan fingerprint density at radius 2 is 1.19 bits per heavy atom. The van der Waals surface area contributed by atoms with Crippen molar-refractivity contribution in [1.82, 2.24) is 0 Å². The molecule has 0 bridgehead atoms. The van der Waals surface area contributed by atoms with Crippen LogP contribution in [-0.2, 0) is 4.79 Å². The zero-order valence-electron chi connectivity index (χ0n) is 14.5. The van der Waals surface area contributed by atoms with Gasteiger partial charge in [0.2, 0.25) is 0 Å². The molecule has 0 aromatic rings. The van der Waals surface area contributed by atoms with E-state index in [1.165, 1.54) is 77.0 Å². The third kappa shape index (κ3) is 32.5. The van der Waals surface area contributed by atoms with Gasteiger partial charge in [-0.2, -0.15) is 0 Å². The van der Waals surface area contributed by atoms with E-state index in [4.69, 9.17) is 15.6 Å². The highest BCUT2D eigenvalue weighted by atomic mass is 16.4. The second-order valence-corrected chi connectivity index (χ2v) is 5.79. The lowest BCUT2D eigenvalue weighted by Gasteiger charge is -2.01. The molecule has 0 fully saturated rings. The predicted molar refractivity (Wildman–Crippen MR) is 92.3 cm³/mol. The predicted octanol–water partition coefficient (Wildman–Crippen LogP) is 5.64. The monoisotopic (exact) mass is 299 g/mol. The zero-order valence-corrected chi connectivity index (χ0v) is 14.5. The fourth-order valence-corrected chi connectivity index (χ4v) is 2.14. The van der Waals surface area contributed by atoms with Crippen LogP contribution in [0.25, 0.3) is 0 Å².